The summed E-state index contributed by atoms with van der Waals surface area (Å²) in [6.07, 6.45) is -0.856. The van der Waals surface area contributed by atoms with Crippen molar-refractivity contribution < 1.29 is 19.7 Å². The predicted octanol–water partition coefficient (Wildman–Crippen LogP) is 1.59. The van der Waals surface area contributed by atoms with Crippen molar-refractivity contribution in [2.24, 2.45) is 5.92 Å². The average molecular weight is 254 g/mol. The number of aliphatic hydroxyl groups is 2. The number of methoxy groups -OCH3 is 1. The van der Waals surface area contributed by atoms with Crippen LogP contribution in [0.3, 0.4) is 0 Å². The van der Waals surface area contributed by atoms with E-state index in [0.717, 1.165) is 11.3 Å². The van der Waals surface area contributed by atoms with Crippen molar-refractivity contribution in [2.75, 3.05) is 13.7 Å². The van der Waals surface area contributed by atoms with Gasteiger partial charge in [0.15, 0.2) is 0 Å². The van der Waals surface area contributed by atoms with E-state index in [1.54, 1.807) is 7.11 Å². The highest BCUT2D eigenvalue weighted by Crippen LogP contribution is 2.16. The fraction of sp³-hybridized carbons (Fsp3) is 0.571. The van der Waals surface area contributed by atoms with Gasteiger partial charge in [0, 0.05) is 5.92 Å². The number of benzene rings is 1. The second-order valence-electron chi connectivity index (χ2n) is 4.47. The first-order chi connectivity index (χ1) is 8.58. The second-order valence-corrected chi connectivity index (χ2v) is 4.47. The molecule has 0 saturated carbocycles. The van der Waals surface area contributed by atoms with E-state index in [4.69, 9.17) is 14.6 Å². The first-order valence-corrected chi connectivity index (χ1v) is 6.12. The maximum atomic E-state index is 9.52. The molecule has 3 atom stereocenters. The molecule has 0 fully saturated rings. The van der Waals surface area contributed by atoms with E-state index in [0.29, 0.717) is 6.61 Å². The lowest BCUT2D eigenvalue weighted by Gasteiger charge is -2.24. The van der Waals surface area contributed by atoms with Crippen LogP contribution in [-0.4, -0.2) is 36.1 Å². The molecule has 18 heavy (non-hydrogen) atoms. The molecule has 0 aliphatic heterocycles. The summed E-state index contributed by atoms with van der Waals surface area (Å²) in [6.45, 7) is 4.00. The largest absolute Gasteiger partial charge is 0.497 e. The molecular weight excluding hydrogens is 232 g/mol. The zero-order valence-electron chi connectivity index (χ0n) is 11.2. The summed E-state index contributed by atoms with van der Waals surface area (Å²) in [5, 5.41) is 18.4. The molecule has 0 spiro atoms. The average Bonchev–Trinajstić information content (AvgIpc) is 2.43. The van der Waals surface area contributed by atoms with Crippen LogP contribution in [-0.2, 0) is 11.3 Å². The Labute approximate surface area is 108 Å². The fourth-order valence-corrected chi connectivity index (χ4v) is 1.58. The van der Waals surface area contributed by atoms with Crippen molar-refractivity contribution in [3.05, 3.63) is 29.8 Å². The van der Waals surface area contributed by atoms with Gasteiger partial charge in [-0.3, -0.25) is 0 Å². The van der Waals surface area contributed by atoms with E-state index in [-0.39, 0.29) is 18.6 Å². The Hall–Kier alpha value is -1.10. The van der Waals surface area contributed by atoms with Crippen LogP contribution in [0.5, 0.6) is 5.75 Å². The lowest BCUT2D eigenvalue weighted by atomic mass is 10.00. The van der Waals surface area contributed by atoms with Gasteiger partial charge >= 0.3 is 0 Å². The molecular formula is C14H22O4. The minimum atomic E-state index is -0.740. The predicted molar refractivity (Wildman–Crippen MR) is 69.5 cm³/mol. The molecule has 102 valence electrons. The molecule has 0 aromatic heterocycles. The Bertz CT molecular complexity index is 336. The molecule has 2 N–H and O–H groups in total. The third-order valence-corrected chi connectivity index (χ3v) is 3.21. The zero-order valence-corrected chi connectivity index (χ0v) is 11.2. The van der Waals surface area contributed by atoms with Crippen LogP contribution in [0, 0.1) is 5.92 Å². The van der Waals surface area contributed by atoms with Crippen molar-refractivity contribution in [3.63, 3.8) is 0 Å². The third-order valence-electron chi connectivity index (χ3n) is 3.21. The number of rotatable bonds is 7. The summed E-state index contributed by atoms with van der Waals surface area (Å²) in [5.74, 6) is 0.712. The van der Waals surface area contributed by atoms with Crippen LogP contribution < -0.4 is 4.74 Å². The molecule has 1 unspecified atom stereocenters. The van der Waals surface area contributed by atoms with Gasteiger partial charge in [0.05, 0.1) is 32.5 Å². The molecule has 1 rings (SSSR count). The second kappa shape index (κ2) is 7.36. The quantitative estimate of drug-likeness (QED) is 0.776. The zero-order chi connectivity index (χ0) is 13.5. The molecule has 0 aliphatic rings. The van der Waals surface area contributed by atoms with Crippen molar-refractivity contribution in [1.29, 1.82) is 0 Å². The molecule has 1 aromatic carbocycles. The highest BCUT2D eigenvalue weighted by atomic mass is 16.5. The molecule has 4 heteroatoms. The van der Waals surface area contributed by atoms with E-state index in [1.807, 2.05) is 38.1 Å². The summed E-state index contributed by atoms with van der Waals surface area (Å²) in [5.41, 5.74) is 1.05. The number of hydrogen-bond acceptors (Lipinski definition) is 4. The SMILES string of the molecule is COc1ccc(CO[C@@H](C)[C@@H](C)C(O)CO)cc1. The Morgan fingerprint density at radius 2 is 1.78 bits per heavy atom. The van der Waals surface area contributed by atoms with Gasteiger partial charge in [-0.25, -0.2) is 0 Å². The molecule has 0 radical (unpaired) electrons. The number of hydrogen-bond donors (Lipinski definition) is 2. The maximum Gasteiger partial charge on any atom is 0.118 e. The highest BCUT2D eigenvalue weighted by Gasteiger charge is 2.20. The van der Waals surface area contributed by atoms with Crippen LogP contribution in [0.2, 0.25) is 0 Å². The maximum absolute atomic E-state index is 9.52. The van der Waals surface area contributed by atoms with Gasteiger partial charge in [0.2, 0.25) is 0 Å². The van der Waals surface area contributed by atoms with Crippen molar-refractivity contribution >= 4 is 0 Å². The van der Waals surface area contributed by atoms with E-state index in [1.165, 1.54) is 0 Å². The van der Waals surface area contributed by atoms with Crippen LogP contribution in [0.25, 0.3) is 0 Å². The lowest BCUT2D eigenvalue weighted by Crippen LogP contribution is -2.31. The van der Waals surface area contributed by atoms with E-state index in [9.17, 15) is 5.11 Å². The molecule has 1 aromatic rings. The minimum absolute atomic E-state index is 0.103. The normalized spacial score (nSPS) is 16.1. The number of aliphatic hydroxyl groups excluding tert-OH is 2. The Balaban J connectivity index is 2.44. The summed E-state index contributed by atoms with van der Waals surface area (Å²) < 4.78 is 10.8. The summed E-state index contributed by atoms with van der Waals surface area (Å²) in [6, 6.07) is 7.65. The fourth-order valence-electron chi connectivity index (χ4n) is 1.58. The van der Waals surface area contributed by atoms with Crippen LogP contribution >= 0.6 is 0 Å². The van der Waals surface area contributed by atoms with Gasteiger partial charge < -0.3 is 19.7 Å². The van der Waals surface area contributed by atoms with Gasteiger partial charge in [-0.2, -0.15) is 0 Å². The molecule has 0 saturated heterocycles. The summed E-state index contributed by atoms with van der Waals surface area (Å²) >= 11 is 0. The topological polar surface area (TPSA) is 58.9 Å². The van der Waals surface area contributed by atoms with Gasteiger partial charge in [0.25, 0.3) is 0 Å². The van der Waals surface area contributed by atoms with Crippen molar-refractivity contribution in [1.82, 2.24) is 0 Å². The molecule has 4 nitrogen and oxygen atoms in total. The van der Waals surface area contributed by atoms with Crippen LogP contribution in [0.4, 0.5) is 0 Å². The molecule has 0 bridgehead atoms. The van der Waals surface area contributed by atoms with E-state index in [2.05, 4.69) is 0 Å². The van der Waals surface area contributed by atoms with E-state index >= 15 is 0 Å². The van der Waals surface area contributed by atoms with Gasteiger partial charge in [-0.05, 0) is 24.6 Å². The van der Waals surface area contributed by atoms with Gasteiger partial charge in [0.1, 0.15) is 5.75 Å². The van der Waals surface area contributed by atoms with Gasteiger partial charge in [-0.15, -0.1) is 0 Å². The third kappa shape index (κ3) is 4.29. The Morgan fingerprint density at radius 3 is 2.28 bits per heavy atom. The van der Waals surface area contributed by atoms with E-state index < -0.39 is 6.10 Å². The Kier molecular flexibility index (Phi) is 6.12. The molecule has 0 amide bonds. The smallest absolute Gasteiger partial charge is 0.118 e. The first kappa shape index (κ1) is 15.0. The number of ether oxygens (including phenoxy) is 2. The van der Waals surface area contributed by atoms with Crippen molar-refractivity contribution in [2.45, 2.75) is 32.7 Å². The monoisotopic (exact) mass is 254 g/mol. The standard InChI is InChI=1S/C14H22O4/c1-10(14(16)8-15)11(2)18-9-12-4-6-13(17-3)7-5-12/h4-7,10-11,14-16H,8-9H2,1-3H3/t10-,11+,14?/m1/s1. The highest BCUT2D eigenvalue weighted by molar-refractivity contribution is 5.26. The van der Waals surface area contributed by atoms with Gasteiger partial charge in [-0.1, -0.05) is 19.1 Å². The Morgan fingerprint density at radius 1 is 1.17 bits per heavy atom. The first-order valence-electron chi connectivity index (χ1n) is 6.12. The van der Waals surface area contributed by atoms with Crippen LogP contribution in [0.1, 0.15) is 19.4 Å². The lowest BCUT2D eigenvalue weighted by molar-refractivity contribution is -0.0437. The summed E-state index contributed by atoms with van der Waals surface area (Å²) in [4.78, 5) is 0. The van der Waals surface area contributed by atoms with Crippen LogP contribution in [0.15, 0.2) is 24.3 Å². The minimum Gasteiger partial charge on any atom is -0.497 e. The summed E-state index contributed by atoms with van der Waals surface area (Å²) in [7, 11) is 1.63. The molecule has 0 heterocycles. The van der Waals surface area contributed by atoms with Crippen molar-refractivity contribution in [3.8, 4) is 5.75 Å². The molecule has 0 aliphatic carbocycles.